The summed E-state index contributed by atoms with van der Waals surface area (Å²) < 4.78 is 27.1. The van der Waals surface area contributed by atoms with Crippen LogP contribution in [-0.4, -0.2) is 55.4 Å². The number of rotatable bonds is 9. The molecule has 9 heteroatoms. The molecule has 0 aliphatic heterocycles. The molecule has 0 unspecified atom stereocenters. The summed E-state index contributed by atoms with van der Waals surface area (Å²) in [4.78, 5) is 20.2. The molecule has 9 nitrogen and oxygen atoms in total. The van der Waals surface area contributed by atoms with Gasteiger partial charge < -0.3 is 28.4 Å². The van der Waals surface area contributed by atoms with E-state index in [1.54, 1.807) is 19.2 Å². The number of methoxy groups -OCH3 is 4. The van der Waals surface area contributed by atoms with E-state index in [4.69, 9.17) is 23.5 Å². The lowest BCUT2D eigenvalue weighted by Crippen LogP contribution is -2.41. The van der Waals surface area contributed by atoms with E-state index in [9.17, 15) is 4.79 Å². The van der Waals surface area contributed by atoms with E-state index < -0.39 is 0 Å². The van der Waals surface area contributed by atoms with E-state index in [1.807, 2.05) is 29.2 Å². The van der Waals surface area contributed by atoms with Crippen LogP contribution in [0.4, 0.5) is 0 Å². The Balaban J connectivity index is 1.63. The average molecular weight is 482 g/mol. The van der Waals surface area contributed by atoms with Crippen molar-refractivity contribution in [2.45, 2.75) is 44.7 Å². The van der Waals surface area contributed by atoms with Crippen LogP contribution in [-0.2, 0) is 6.54 Å². The SMILES string of the molecule is COc1ccc(-c2noc(CN(C(=O)c3cc(OC)c(OC)c(OC)c3)C3CCCCC3)n2)cc1. The third kappa shape index (κ3) is 5.34. The Morgan fingerprint density at radius 1 is 0.943 bits per heavy atom. The molecule has 0 saturated heterocycles. The number of hydrogen-bond acceptors (Lipinski definition) is 8. The summed E-state index contributed by atoms with van der Waals surface area (Å²) in [6.45, 7) is 0.212. The van der Waals surface area contributed by atoms with Crippen LogP contribution in [0.1, 0.15) is 48.4 Å². The van der Waals surface area contributed by atoms with Crippen LogP contribution in [0.5, 0.6) is 23.0 Å². The number of amides is 1. The van der Waals surface area contributed by atoms with Crippen molar-refractivity contribution in [2.24, 2.45) is 0 Å². The fourth-order valence-electron chi connectivity index (χ4n) is 4.45. The second-order valence-corrected chi connectivity index (χ2v) is 8.38. The fraction of sp³-hybridized carbons (Fsp3) is 0.423. The molecule has 186 valence electrons. The number of benzene rings is 2. The van der Waals surface area contributed by atoms with Gasteiger partial charge in [-0.3, -0.25) is 4.79 Å². The molecule has 1 saturated carbocycles. The molecule has 1 amide bonds. The quantitative estimate of drug-likeness (QED) is 0.432. The van der Waals surface area contributed by atoms with Gasteiger partial charge in [0, 0.05) is 17.2 Å². The summed E-state index contributed by atoms with van der Waals surface area (Å²) in [6, 6.07) is 10.8. The highest BCUT2D eigenvalue weighted by molar-refractivity contribution is 5.96. The highest BCUT2D eigenvalue weighted by atomic mass is 16.5. The molecule has 3 aromatic rings. The molecule has 35 heavy (non-hydrogen) atoms. The lowest BCUT2D eigenvalue weighted by Gasteiger charge is -2.33. The van der Waals surface area contributed by atoms with Crippen molar-refractivity contribution in [2.75, 3.05) is 28.4 Å². The number of nitrogens with zero attached hydrogens (tertiary/aromatic N) is 3. The average Bonchev–Trinajstić information content (AvgIpc) is 3.39. The molecule has 1 heterocycles. The van der Waals surface area contributed by atoms with Crippen molar-refractivity contribution in [1.82, 2.24) is 15.0 Å². The first-order valence-corrected chi connectivity index (χ1v) is 11.7. The maximum Gasteiger partial charge on any atom is 0.254 e. The molecule has 0 N–H and O–H groups in total. The van der Waals surface area contributed by atoms with Crippen molar-refractivity contribution < 1.29 is 28.3 Å². The normalized spacial score (nSPS) is 13.8. The highest BCUT2D eigenvalue weighted by Gasteiger charge is 2.30. The molecule has 0 radical (unpaired) electrons. The number of carbonyl (C=O) groups excluding carboxylic acids is 1. The Bertz CT molecular complexity index is 1110. The number of aromatic nitrogens is 2. The summed E-state index contributed by atoms with van der Waals surface area (Å²) in [6.07, 6.45) is 5.17. The zero-order chi connectivity index (χ0) is 24.8. The number of ether oxygens (including phenoxy) is 4. The summed E-state index contributed by atoms with van der Waals surface area (Å²) >= 11 is 0. The van der Waals surface area contributed by atoms with Crippen LogP contribution in [0.3, 0.4) is 0 Å². The maximum absolute atomic E-state index is 13.8. The van der Waals surface area contributed by atoms with E-state index >= 15 is 0 Å². The topological polar surface area (TPSA) is 96.2 Å². The molecular weight excluding hydrogens is 450 g/mol. The minimum atomic E-state index is -0.152. The van der Waals surface area contributed by atoms with Crippen LogP contribution in [0.15, 0.2) is 40.9 Å². The summed E-state index contributed by atoms with van der Waals surface area (Å²) in [5.41, 5.74) is 1.25. The first kappa shape index (κ1) is 24.4. The van der Waals surface area contributed by atoms with E-state index in [1.165, 1.54) is 27.8 Å². The van der Waals surface area contributed by atoms with E-state index in [-0.39, 0.29) is 18.5 Å². The second kappa shape index (κ2) is 11.1. The van der Waals surface area contributed by atoms with Crippen molar-refractivity contribution >= 4 is 5.91 Å². The Morgan fingerprint density at radius 3 is 2.17 bits per heavy atom. The zero-order valence-corrected chi connectivity index (χ0v) is 20.6. The predicted octanol–water partition coefficient (Wildman–Crippen LogP) is 4.75. The van der Waals surface area contributed by atoms with Gasteiger partial charge in [-0.05, 0) is 49.2 Å². The summed E-state index contributed by atoms with van der Waals surface area (Å²) in [5.74, 6) is 2.74. The molecule has 2 aromatic carbocycles. The van der Waals surface area contributed by atoms with Gasteiger partial charge in [0.2, 0.25) is 17.5 Å². The van der Waals surface area contributed by atoms with Gasteiger partial charge in [-0.15, -0.1) is 0 Å². The van der Waals surface area contributed by atoms with Gasteiger partial charge in [-0.1, -0.05) is 24.4 Å². The Kier molecular flexibility index (Phi) is 7.74. The van der Waals surface area contributed by atoms with Crippen molar-refractivity contribution in [3.63, 3.8) is 0 Å². The number of carbonyl (C=O) groups is 1. The van der Waals surface area contributed by atoms with E-state index in [0.717, 1.165) is 37.0 Å². The monoisotopic (exact) mass is 481 g/mol. The largest absolute Gasteiger partial charge is 0.497 e. The first-order valence-electron chi connectivity index (χ1n) is 11.7. The van der Waals surface area contributed by atoms with Crippen LogP contribution in [0.25, 0.3) is 11.4 Å². The molecule has 1 aliphatic rings. The van der Waals surface area contributed by atoms with Gasteiger partial charge in [0.25, 0.3) is 5.91 Å². The summed E-state index contributed by atoms with van der Waals surface area (Å²) in [5, 5.41) is 4.13. The molecule has 1 aromatic heterocycles. The molecule has 0 spiro atoms. The standard InChI is InChI=1S/C26H31N3O6/c1-31-20-12-10-17(11-13-20)25-27-23(35-28-25)16-29(19-8-6-5-7-9-19)26(30)18-14-21(32-2)24(34-4)22(15-18)33-3/h10-15,19H,5-9,16H2,1-4H3. The van der Waals surface area contributed by atoms with E-state index in [2.05, 4.69) is 10.1 Å². The Labute approximate surface area is 204 Å². The predicted molar refractivity (Wildman–Crippen MR) is 129 cm³/mol. The molecule has 4 rings (SSSR count). The zero-order valence-electron chi connectivity index (χ0n) is 20.6. The van der Waals surface area contributed by atoms with Crippen LogP contribution in [0.2, 0.25) is 0 Å². The lowest BCUT2D eigenvalue weighted by atomic mass is 9.93. The minimum absolute atomic E-state index is 0.0756. The van der Waals surface area contributed by atoms with Crippen LogP contribution in [0, 0.1) is 0 Å². The van der Waals surface area contributed by atoms with Gasteiger partial charge in [-0.2, -0.15) is 4.98 Å². The third-order valence-corrected chi connectivity index (χ3v) is 6.31. The lowest BCUT2D eigenvalue weighted by molar-refractivity contribution is 0.0585. The molecule has 1 fully saturated rings. The maximum atomic E-state index is 13.8. The van der Waals surface area contributed by atoms with Gasteiger partial charge in [0.1, 0.15) is 12.3 Å². The molecular formula is C26H31N3O6. The van der Waals surface area contributed by atoms with Crippen molar-refractivity contribution in [3.8, 4) is 34.4 Å². The Morgan fingerprint density at radius 2 is 1.60 bits per heavy atom. The smallest absolute Gasteiger partial charge is 0.254 e. The van der Waals surface area contributed by atoms with Crippen molar-refractivity contribution in [1.29, 1.82) is 0 Å². The fourth-order valence-corrected chi connectivity index (χ4v) is 4.45. The van der Waals surface area contributed by atoms with Gasteiger partial charge in [0.15, 0.2) is 11.5 Å². The first-order chi connectivity index (χ1) is 17.1. The van der Waals surface area contributed by atoms with Crippen LogP contribution >= 0.6 is 0 Å². The highest BCUT2D eigenvalue weighted by Crippen LogP contribution is 2.39. The minimum Gasteiger partial charge on any atom is -0.497 e. The van der Waals surface area contributed by atoms with Gasteiger partial charge in [0.05, 0.1) is 28.4 Å². The molecule has 1 aliphatic carbocycles. The molecule has 0 bridgehead atoms. The Hall–Kier alpha value is -3.75. The summed E-state index contributed by atoms with van der Waals surface area (Å²) in [7, 11) is 6.21. The third-order valence-electron chi connectivity index (χ3n) is 6.31. The van der Waals surface area contributed by atoms with Crippen LogP contribution < -0.4 is 18.9 Å². The van der Waals surface area contributed by atoms with Gasteiger partial charge >= 0.3 is 0 Å². The number of hydrogen-bond donors (Lipinski definition) is 0. The van der Waals surface area contributed by atoms with Crippen molar-refractivity contribution in [3.05, 3.63) is 47.9 Å². The van der Waals surface area contributed by atoms with E-state index in [0.29, 0.717) is 34.5 Å². The second-order valence-electron chi connectivity index (χ2n) is 8.38. The molecule has 0 atom stereocenters. The van der Waals surface area contributed by atoms with Gasteiger partial charge in [-0.25, -0.2) is 0 Å².